The third-order valence-electron chi connectivity index (χ3n) is 1.03. The third-order valence-corrected chi connectivity index (χ3v) is 2.16. The fourth-order valence-corrected chi connectivity index (χ4v) is 1.10. The van der Waals surface area contributed by atoms with E-state index >= 15 is 0 Å². The maximum Gasteiger partial charge on any atom is 0.129 e. The fourth-order valence-electron chi connectivity index (χ4n) is 0.532. The number of hydrogen-bond acceptors (Lipinski definition) is 2. The molecule has 0 radical (unpaired) electrons. The van der Waals surface area contributed by atoms with Gasteiger partial charge in [0.15, 0.2) is 0 Å². The van der Waals surface area contributed by atoms with Crippen molar-refractivity contribution in [1.29, 1.82) is 0 Å². The van der Waals surface area contributed by atoms with E-state index in [-0.39, 0.29) is 0 Å². The van der Waals surface area contributed by atoms with Gasteiger partial charge in [0, 0.05) is 12.5 Å². The van der Waals surface area contributed by atoms with Gasteiger partial charge >= 0.3 is 0 Å². The molecule has 0 spiro atoms. The Morgan fingerprint density at radius 2 is 2.30 bits per heavy atom. The smallest absolute Gasteiger partial charge is 0.129 e. The van der Waals surface area contributed by atoms with E-state index in [1.54, 1.807) is 18.4 Å². The van der Waals surface area contributed by atoms with Gasteiger partial charge in [-0.05, 0) is 12.1 Å². The predicted octanol–water partition coefficient (Wildman–Crippen LogP) is 1.47. The van der Waals surface area contributed by atoms with Crippen LogP contribution in [0.5, 0.6) is 0 Å². The lowest BCUT2D eigenvalue weighted by molar-refractivity contribution is 0.686. The van der Waals surface area contributed by atoms with Crippen LogP contribution < -0.4 is 0 Å². The highest BCUT2D eigenvalue weighted by Gasteiger charge is 1.95. The molecule has 10 heavy (non-hydrogen) atoms. The monoisotopic (exact) mass is 175 g/mol. The van der Waals surface area contributed by atoms with Crippen molar-refractivity contribution in [2.75, 3.05) is 6.26 Å². The molecule has 0 amide bonds. The molecular weight excluding hydrogens is 170 g/mol. The molecule has 0 saturated heterocycles. The van der Waals surface area contributed by atoms with Crippen LogP contribution in [0.25, 0.3) is 0 Å². The third kappa shape index (κ3) is 1.78. The molecule has 1 aromatic heterocycles. The summed E-state index contributed by atoms with van der Waals surface area (Å²) in [7, 11) is -0.958. The summed E-state index contributed by atoms with van der Waals surface area (Å²) in [6, 6.07) is 3.32. The maximum atomic E-state index is 10.8. The molecule has 0 aromatic carbocycles. The Morgan fingerprint density at radius 3 is 2.70 bits per heavy atom. The molecule has 0 unspecified atom stereocenters. The van der Waals surface area contributed by atoms with Gasteiger partial charge in [-0.3, -0.25) is 4.21 Å². The van der Waals surface area contributed by atoms with Gasteiger partial charge in [0.05, 0.1) is 15.7 Å². The minimum Gasteiger partial charge on any atom is -0.255 e. The summed E-state index contributed by atoms with van der Waals surface area (Å²) in [4.78, 5) is 4.47. The highest BCUT2D eigenvalue weighted by Crippen LogP contribution is 2.07. The highest BCUT2D eigenvalue weighted by atomic mass is 35.5. The van der Waals surface area contributed by atoms with Crippen LogP contribution in [0.1, 0.15) is 0 Å². The molecule has 2 nitrogen and oxygen atoms in total. The lowest BCUT2D eigenvalue weighted by atomic mass is 10.5. The zero-order valence-corrected chi connectivity index (χ0v) is 6.95. The first-order valence-corrected chi connectivity index (χ1v) is 4.59. The molecule has 0 fully saturated rings. The quantitative estimate of drug-likeness (QED) is 0.606. The fraction of sp³-hybridized carbons (Fsp3) is 0.167. The first-order valence-electron chi connectivity index (χ1n) is 2.65. The summed E-state index contributed by atoms with van der Waals surface area (Å²) >= 11 is 5.51. The molecule has 1 aromatic rings. The lowest BCUT2D eigenvalue weighted by Gasteiger charge is -1.92. The zero-order valence-electron chi connectivity index (χ0n) is 5.37. The summed E-state index contributed by atoms with van der Waals surface area (Å²) in [6.45, 7) is 0. The van der Waals surface area contributed by atoms with Crippen molar-refractivity contribution in [3.63, 3.8) is 0 Å². The lowest BCUT2D eigenvalue weighted by Crippen LogP contribution is -1.87. The van der Waals surface area contributed by atoms with Crippen molar-refractivity contribution in [1.82, 2.24) is 4.98 Å². The highest BCUT2D eigenvalue weighted by molar-refractivity contribution is 7.84. The summed E-state index contributed by atoms with van der Waals surface area (Å²) < 4.78 is 10.8. The molecule has 0 aliphatic carbocycles. The zero-order chi connectivity index (χ0) is 7.56. The molecule has 1 rings (SSSR count). The van der Waals surface area contributed by atoms with Gasteiger partial charge in [0.1, 0.15) is 5.15 Å². The van der Waals surface area contributed by atoms with Gasteiger partial charge < -0.3 is 0 Å². The number of aromatic nitrogens is 1. The van der Waals surface area contributed by atoms with Crippen molar-refractivity contribution >= 4 is 22.4 Å². The second-order valence-corrected chi connectivity index (χ2v) is 3.54. The van der Waals surface area contributed by atoms with E-state index in [2.05, 4.69) is 4.98 Å². The molecule has 1 atom stereocenters. The summed E-state index contributed by atoms with van der Waals surface area (Å²) in [5, 5.41) is 0.425. The number of halogens is 1. The van der Waals surface area contributed by atoms with Crippen LogP contribution in [0.4, 0.5) is 0 Å². The summed E-state index contributed by atoms with van der Waals surface area (Å²) in [5.41, 5.74) is 0. The Morgan fingerprint density at radius 1 is 1.60 bits per heavy atom. The summed E-state index contributed by atoms with van der Waals surface area (Å²) in [6.07, 6.45) is 3.11. The van der Waals surface area contributed by atoms with Gasteiger partial charge in [0.25, 0.3) is 0 Å². The number of pyridine rings is 1. The molecule has 4 heteroatoms. The Bertz CT molecular complexity index is 246. The van der Waals surface area contributed by atoms with Crippen LogP contribution in [0.15, 0.2) is 23.2 Å². The normalized spacial score (nSPS) is 13.0. The first-order chi connectivity index (χ1) is 4.70. The average Bonchev–Trinajstić information content (AvgIpc) is 1.88. The van der Waals surface area contributed by atoms with Crippen molar-refractivity contribution in [2.45, 2.75) is 4.90 Å². The average molecular weight is 176 g/mol. The van der Waals surface area contributed by atoms with Crippen molar-refractivity contribution in [3.8, 4) is 0 Å². The minimum absolute atomic E-state index is 0.425. The van der Waals surface area contributed by atoms with E-state index in [0.717, 1.165) is 0 Å². The second-order valence-electron chi connectivity index (χ2n) is 1.77. The standard InChI is InChI=1S/C6H6ClNOS/c1-10(9)5-2-3-6(7)8-4-5/h2-4H,1H3/t10-/m1/s1. The van der Waals surface area contributed by atoms with Gasteiger partial charge in [-0.2, -0.15) is 0 Å². The molecule has 0 aliphatic heterocycles. The minimum atomic E-state index is -0.958. The van der Waals surface area contributed by atoms with Crippen LogP contribution in [0.2, 0.25) is 5.15 Å². The topological polar surface area (TPSA) is 30.0 Å². The van der Waals surface area contributed by atoms with E-state index in [4.69, 9.17) is 11.6 Å². The molecule has 0 bridgehead atoms. The molecule has 0 saturated carbocycles. The number of rotatable bonds is 1. The van der Waals surface area contributed by atoms with Gasteiger partial charge in [-0.15, -0.1) is 0 Å². The van der Waals surface area contributed by atoms with Crippen LogP contribution >= 0.6 is 11.6 Å². The van der Waals surface area contributed by atoms with Crippen LogP contribution in [-0.4, -0.2) is 15.4 Å². The van der Waals surface area contributed by atoms with Crippen LogP contribution in [0.3, 0.4) is 0 Å². The Labute approximate surface area is 66.7 Å². The maximum absolute atomic E-state index is 10.8. The van der Waals surface area contributed by atoms with Crippen molar-refractivity contribution in [2.24, 2.45) is 0 Å². The molecule has 0 N–H and O–H groups in total. The largest absolute Gasteiger partial charge is 0.255 e. The van der Waals surface area contributed by atoms with E-state index in [9.17, 15) is 4.21 Å². The van der Waals surface area contributed by atoms with E-state index in [1.807, 2.05) is 0 Å². The SMILES string of the molecule is C[S@@](=O)c1ccc(Cl)nc1. The predicted molar refractivity (Wildman–Crippen MR) is 41.6 cm³/mol. The van der Waals surface area contributed by atoms with E-state index < -0.39 is 10.8 Å². The number of nitrogens with zero attached hydrogens (tertiary/aromatic N) is 1. The second kappa shape index (κ2) is 3.12. The van der Waals surface area contributed by atoms with Crippen molar-refractivity contribution in [3.05, 3.63) is 23.5 Å². The Hall–Kier alpha value is -0.410. The number of hydrogen-bond donors (Lipinski definition) is 0. The molecule has 54 valence electrons. The molecular formula is C6H6ClNOS. The van der Waals surface area contributed by atoms with Crippen LogP contribution in [0, 0.1) is 0 Å². The Balaban J connectivity index is 3.00. The first kappa shape index (κ1) is 7.69. The van der Waals surface area contributed by atoms with Gasteiger partial charge in [-0.1, -0.05) is 11.6 Å². The van der Waals surface area contributed by atoms with Crippen molar-refractivity contribution < 1.29 is 4.21 Å². The summed E-state index contributed by atoms with van der Waals surface area (Å²) in [5.74, 6) is 0. The van der Waals surface area contributed by atoms with Gasteiger partial charge in [0.2, 0.25) is 0 Å². The molecule has 0 aliphatic rings. The van der Waals surface area contributed by atoms with Crippen LogP contribution in [-0.2, 0) is 10.8 Å². The van der Waals surface area contributed by atoms with Gasteiger partial charge in [-0.25, -0.2) is 4.98 Å². The Kier molecular flexibility index (Phi) is 2.40. The van der Waals surface area contributed by atoms with E-state index in [0.29, 0.717) is 10.0 Å². The molecule has 1 heterocycles. The van der Waals surface area contributed by atoms with E-state index in [1.165, 1.54) is 6.20 Å².